The highest BCUT2D eigenvalue weighted by Gasteiger charge is 2.36. The number of nitrogens with one attached hydrogen (secondary N) is 2. The lowest BCUT2D eigenvalue weighted by molar-refractivity contribution is 0.259. The van der Waals surface area contributed by atoms with Crippen LogP contribution in [0.25, 0.3) is 0 Å². The molecule has 0 aromatic heterocycles. The van der Waals surface area contributed by atoms with Crippen molar-refractivity contribution in [2.24, 2.45) is 17.1 Å². The van der Waals surface area contributed by atoms with Crippen LogP contribution in [-0.2, 0) is 0 Å². The molecule has 0 aliphatic heterocycles. The number of carbonyl (C=O) groups is 1. The van der Waals surface area contributed by atoms with Crippen LogP contribution < -0.4 is 16.4 Å². The first-order valence-corrected chi connectivity index (χ1v) is 6.79. The maximum Gasteiger partial charge on any atom is 0.316 e. The average Bonchev–Trinajstić information content (AvgIpc) is 2.54. The summed E-state index contributed by atoms with van der Waals surface area (Å²) in [7, 11) is 0. The fraction of sp³-hybridized carbons (Fsp3) is 0.533. The van der Waals surface area contributed by atoms with Crippen LogP contribution in [0, 0.1) is 11.3 Å². The zero-order valence-corrected chi connectivity index (χ0v) is 11.9. The normalized spacial score (nSPS) is 25.0. The van der Waals surface area contributed by atoms with Crippen LogP contribution in [0.3, 0.4) is 0 Å². The van der Waals surface area contributed by atoms with Crippen LogP contribution in [0.15, 0.2) is 24.3 Å². The Morgan fingerprint density at radius 1 is 1.21 bits per heavy atom. The minimum Gasteiger partial charge on any atom is -0.382 e. The quantitative estimate of drug-likeness (QED) is 0.780. The van der Waals surface area contributed by atoms with Gasteiger partial charge in [0.05, 0.1) is 0 Å². The van der Waals surface area contributed by atoms with E-state index in [9.17, 15) is 4.79 Å². The smallest absolute Gasteiger partial charge is 0.316 e. The van der Waals surface area contributed by atoms with Crippen molar-refractivity contribution in [2.75, 3.05) is 10.6 Å². The van der Waals surface area contributed by atoms with E-state index in [4.69, 9.17) is 5.73 Å². The number of hydrogen-bond acceptors (Lipinski definition) is 2. The topological polar surface area (TPSA) is 67.2 Å². The molecule has 2 unspecified atom stereocenters. The molecule has 1 aliphatic carbocycles. The molecular formula is C15H23N3O. The molecule has 0 bridgehead atoms. The van der Waals surface area contributed by atoms with Gasteiger partial charge in [-0.15, -0.1) is 0 Å². The van der Waals surface area contributed by atoms with Gasteiger partial charge in [-0.25, -0.2) is 4.79 Å². The Balaban J connectivity index is 1.98. The van der Waals surface area contributed by atoms with E-state index >= 15 is 0 Å². The van der Waals surface area contributed by atoms with Gasteiger partial charge < -0.3 is 16.4 Å². The summed E-state index contributed by atoms with van der Waals surface area (Å²) in [6.07, 6.45) is 2.45. The number of anilines is 2. The van der Waals surface area contributed by atoms with Crippen LogP contribution >= 0.6 is 0 Å². The van der Waals surface area contributed by atoms with Crippen LogP contribution in [0.5, 0.6) is 0 Å². The number of benzene rings is 1. The molecule has 1 aliphatic rings. The van der Waals surface area contributed by atoms with E-state index in [1.807, 2.05) is 24.3 Å². The van der Waals surface area contributed by atoms with Gasteiger partial charge in [0, 0.05) is 17.4 Å². The Hall–Kier alpha value is -1.71. The summed E-state index contributed by atoms with van der Waals surface area (Å²) >= 11 is 0. The van der Waals surface area contributed by atoms with Crippen molar-refractivity contribution in [2.45, 2.75) is 39.7 Å². The Kier molecular flexibility index (Phi) is 3.69. The number of primary amides is 1. The van der Waals surface area contributed by atoms with Crippen LogP contribution in [0.4, 0.5) is 16.2 Å². The molecule has 1 saturated carbocycles. The highest BCUT2D eigenvalue weighted by molar-refractivity contribution is 5.87. The molecule has 104 valence electrons. The van der Waals surface area contributed by atoms with Crippen LogP contribution in [-0.4, -0.2) is 12.1 Å². The summed E-state index contributed by atoms with van der Waals surface area (Å²) in [5.41, 5.74) is 7.31. The van der Waals surface area contributed by atoms with E-state index in [1.165, 1.54) is 12.8 Å². The first-order chi connectivity index (χ1) is 8.85. The van der Waals surface area contributed by atoms with Gasteiger partial charge >= 0.3 is 6.03 Å². The fourth-order valence-electron chi connectivity index (χ4n) is 3.09. The third kappa shape index (κ3) is 3.63. The lowest BCUT2D eigenvalue weighted by Gasteiger charge is -2.20. The maximum atomic E-state index is 10.7. The number of carbonyl (C=O) groups excluding carboxylic acids is 1. The molecule has 2 rings (SSSR count). The summed E-state index contributed by atoms with van der Waals surface area (Å²) in [6, 6.07) is 7.65. The molecule has 0 saturated heterocycles. The molecule has 2 atom stereocenters. The molecule has 4 heteroatoms. The molecule has 19 heavy (non-hydrogen) atoms. The Labute approximate surface area is 114 Å². The van der Waals surface area contributed by atoms with Crippen molar-refractivity contribution in [1.29, 1.82) is 0 Å². The first-order valence-electron chi connectivity index (χ1n) is 6.79. The molecule has 4 N–H and O–H groups in total. The first kappa shape index (κ1) is 13.7. The van der Waals surface area contributed by atoms with E-state index in [0.29, 0.717) is 17.4 Å². The van der Waals surface area contributed by atoms with Crippen molar-refractivity contribution < 1.29 is 4.79 Å². The van der Waals surface area contributed by atoms with Crippen molar-refractivity contribution in [3.8, 4) is 0 Å². The second kappa shape index (κ2) is 5.11. The van der Waals surface area contributed by atoms with Crippen molar-refractivity contribution in [3.63, 3.8) is 0 Å². The van der Waals surface area contributed by atoms with E-state index in [2.05, 4.69) is 31.4 Å². The van der Waals surface area contributed by atoms with Gasteiger partial charge in [0.2, 0.25) is 0 Å². The van der Waals surface area contributed by atoms with Crippen molar-refractivity contribution >= 4 is 17.4 Å². The summed E-state index contributed by atoms with van der Waals surface area (Å²) in [5.74, 6) is 0.679. The van der Waals surface area contributed by atoms with Gasteiger partial charge in [-0.2, -0.15) is 0 Å². The highest BCUT2D eigenvalue weighted by atomic mass is 16.2. The molecule has 1 fully saturated rings. The third-order valence-corrected chi connectivity index (χ3v) is 3.84. The zero-order chi connectivity index (χ0) is 14.0. The lowest BCUT2D eigenvalue weighted by atomic mass is 9.91. The van der Waals surface area contributed by atoms with Crippen LogP contribution in [0.2, 0.25) is 0 Å². The molecular weight excluding hydrogens is 238 g/mol. The Bertz CT molecular complexity index is 453. The highest BCUT2D eigenvalue weighted by Crippen LogP contribution is 2.42. The standard InChI is InChI=1S/C15H23N3O/c1-10-8-15(2,3)9-13(10)17-11-4-6-12(7-5-11)18-14(16)19/h4-7,10,13,17H,8-9H2,1-3H3,(H3,16,18,19). The zero-order valence-electron chi connectivity index (χ0n) is 11.9. The maximum absolute atomic E-state index is 10.7. The van der Waals surface area contributed by atoms with Gasteiger partial charge in [0.25, 0.3) is 0 Å². The molecule has 1 aromatic rings. The summed E-state index contributed by atoms with van der Waals surface area (Å²) in [4.78, 5) is 10.7. The minimum atomic E-state index is -0.535. The third-order valence-electron chi connectivity index (χ3n) is 3.84. The predicted molar refractivity (Wildman–Crippen MR) is 79.2 cm³/mol. The van der Waals surface area contributed by atoms with E-state index in [-0.39, 0.29) is 0 Å². The monoisotopic (exact) mass is 261 g/mol. The van der Waals surface area contributed by atoms with Gasteiger partial charge in [-0.05, 0) is 48.4 Å². The largest absolute Gasteiger partial charge is 0.382 e. The molecule has 2 amide bonds. The second-order valence-corrected chi connectivity index (χ2v) is 6.37. The molecule has 4 nitrogen and oxygen atoms in total. The SMILES string of the molecule is CC1CC(C)(C)CC1Nc1ccc(NC(N)=O)cc1. The van der Waals surface area contributed by atoms with Gasteiger partial charge in [-0.3, -0.25) is 0 Å². The number of amides is 2. The summed E-state index contributed by atoms with van der Waals surface area (Å²) in [5, 5.41) is 6.14. The number of nitrogens with two attached hydrogens (primary N) is 1. The number of urea groups is 1. The Morgan fingerprint density at radius 3 is 2.26 bits per heavy atom. The Morgan fingerprint density at radius 2 is 1.79 bits per heavy atom. The molecule has 1 aromatic carbocycles. The number of hydrogen-bond donors (Lipinski definition) is 3. The summed E-state index contributed by atoms with van der Waals surface area (Å²) < 4.78 is 0. The van der Waals surface area contributed by atoms with Gasteiger partial charge in [0.15, 0.2) is 0 Å². The second-order valence-electron chi connectivity index (χ2n) is 6.37. The van der Waals surface area contributed by atoms with E-state index in [1.54, 1.807) is 0 Å². The summed E-state index contributed by atoms with van der Waals surface area (Å²) in [6.45, 7) is 6.95. The fourth-order valence-corrected chi connectivity index (χ4v) is 3.09. The molecule has 0 heterocycles. The van der Waals surface area contributed by atoms with Crippen molar-refractivity contribution in [1.82, 2.24) is 0 Å². The van der Waals surface area contributed by atoms with E-state index in [0.717, 1.165) is 11.4 Å². The molecule has 0 radical (unpaired) electrons. The van der Waals surface area contributed by atoms with Gasteiger partial charge in [0.1, 0.15) is 0 Å². The lowest BCUT2D eigenvalue weighted by Crippen LogP contribution is -2.22. The van der Waals surface area contributed by atoms with Crippen LogP contribution in [0.1, 0.15) is 33.6 Å². The predicted octanol–water partition coefficient (Wildman–Crippen LogP) is 3.41. The minimum absolute atomic E-state index is 0.421. The number of rotatable bonds is 3. The van der Waals surface area contributed by atoms with Gasteiger partial charge in [-0.1, -0.05) is 20.8 Å². The molecule has 0 spiro atoms. The average molecular weight is 261 g/mol. The van der Waals surface area contributed by atoms with Crippen molar-refractivity contribution in [3.05, 3.63) is 24.3 Å². The van der Waals surface area contributed by atoms with E-state index < -0.39 is 6.03 Å².